The van der Waals surface area contributed by atoms with Crippen LogP contribution < -0.4 is 11.3 Å². The fraction of sp³-hybridized carbons (Fsp3) is 0.400. The average Bonchev–Trinajstić information content (AvgIpc) is 2.47. The van der Waals surface area contributed by atoms with Gasteiger partial charge in [0, 0.05) is 18.7 Å². The highest BCUT2D eigenvalue weighted by atomic mass is 16.5. The number of nitrogens with zero attached hydrogens (tertiary/aromatic N) is 1. The molecule has 0 aliphatic carbocycles. The number of nitrogens with one attached hydrogen (secondary N) is 1. The summed E-state index contributed by atoms with van der Waals surface area (Å²) in [6.45, 7) is 4.15. The summed E-state index contributed by atoms with van der Waals surface area (Å²) in [5, 5.41) is 1.12. The van der Waals surface area contributed by atoms with Gasteiger partial charge in [-0.15, -0.1) is 0 Å². The van der Waals surface area contributed by atoms with Crippen molar-refractivity contribution in [1.82, 2.24) is 10.4 Å². The molecule has 19 heavy (non-hydrogen) atoms. The maximum Gasteiger partial charge on any atom is 0.0854 e. The van der Waals surface area contributed by atoms with Gasteiger partial charge in [-0.3, -0.25) is 16.3 Å². The Morgan fingerprint density at radius 1 is 1.42 bits per heavy atom. The summed E-state index contributed by atoms with van der Waals surface area (Å²) in [6, 6.07) is 10.1. The molecule has 0 radical (unpaired) electrons. The van der Waals surface area contributed by atoms with Gasteiger partial charge in [-0.2, -0.15) is 0 Å². The van der Waals surface area contributed by atoms with E-state index in [1.54, 1.807) is 13.3 Å². The molecule has 102 valence electrons. The van der Waals surface area contributed by atoms with E-state index in [1.807, 2.05) is 12.1 Å². The summed E-state index contributed by atoms with van der Waals surface area (Å²) in [7, 11) is 1.72. The molecule has 4 nitrogen and oxygen atoms in total. The number of hydrogen-bond acceptors (Lipinski definition) is 4. The van der Waals surface area contributed by atoms with Crippen LogP contribution in [-0.4, -0.2) is 17.7 Å². The summed E-state index contributed by atoms with van der Waals surface area (Å²) in [5.74, 6) is 5.74. The molecule has 0 saturated heterocycles. The van der Waals surface area contributed by atoms with E-state index in [2.05, 4.69) is 42.5 Å². The minimum Gasteiger partial charge on any atom is -0.376 e. The first-order chi connectivity index (χ1) is 9.14. The molecule has 4 heteroatoms. The predicted molar refractivity (Wildman–Crippen MR) is 77.5 cm³/mol. The van der Waals surface area contributed by atoms with Crippen molar-refractivity contribution >= 4 is 10.9 Å². The first kappa shape index (κ1) is 13.9. The Balaban J connectivity index is 2.46. The summed E-state index contributed by atoms with van der Waals surface area (Å²) in [6.07, 6.45) is 2.66. The van der Waals surface area contributed by atoms with Gasteiger partial charge in [-0.1, -0.05) is 25.1 Å². The summed E-state index contributed by atoms with van der Waals surface area (Å²) in [5.41, 5.74) is 4.57. The third-order valence-corrected chi connectivity index (χ3v) is 3.91. The van der Waals surface area contributed by atoms with Crippen LogP contribution in [0.3, 0.4) is 0 Å². The van der Waals surface area contributed by atoms with Gasteiger partial charge in [0.05, 0.1) is 17.2 Å². The lowest BCUT2D eigenvalue weighted by Crippen LogP contribution is -2.45. The zero-order valence-electron chi connectivity index (χ0n) is 11.7. The number of benzene rings is 1. The smallest absolute Gasteiger partial charge is 0.0854 e. The molecule has 0 saturated carbocycles. The molecule has 0 bridgehead atoms. The van der Waals surface area contributed by atoms with Crippen molar-refractivity contribution in [1.29, 1.82) is 0 Å². The Bertz CT molecular complexity index is 552. The fourth-order valence-electron chi connectivity index (χ4n) is 2.35. The standard InChI is InChI=1S/C15H21N3O/c1-4-15(2,19-3)14(18-16)12-8-7-11-6-5-9-17-13(11)10-12/h5-10,14,18H,4,16H2,1-3H3. The lowest BCUT2D eigenvalue weighted by molar-refractivity contribution is -0.0300. The number of pyridine rings is 1. The first-order valence-corrected chi connectivity index (χ1v) is 6.50. The Labute approximate surface area is 113 Å². The number of nitrogens with two attached hydrogens (primary N) is 1. The normalized spacial score (nSPS) is 16.2. The molecule has 1 heterocycles. The molecule has 2 rings (SSSR count). The largest absolute Gasteiger partial charge is 0.376 e. The van der Waals surface area contributed by atoms with Gasteiger partial charge < -0.3 is 4.74 Å². The number of rotatable bonds is 5. The van der Waals surface area contributed by atoms with Crippen molar-refractivity contribution < 1.29 is 4.74 Å². The molecule has 0 fully saturated rings. The molecule has 0 spiro atoms. The maximum absolute atomic E-state index is 5.74. The number of hydrogen-bond donors (Lipinski definition) is 2. The molecule has 2 aromatic rings. The molecule has 1 aromatic heterocycles. The molecule has 0 aliphatic heterocycles. The van der Waals surface area contributed by atoms with E-state index in [0.29, 0.717) is 0 Å². The SMILES string of the molecule is CCC(C)(OC)C(NN)c1ccc2cccnc2c1. The van der Waals surface area contributed by atoms with E-state index < -0.39 is 0 Å². The Morgan fingerprint density at radius 2 is 2.21 bits per heavy atom. The van der Waals surface area contributed by atoms with Gasteiger partial charge in [0.1, 0.15) is 0 Å². The second kappa shape index (κ2) is 5.65. The highest BCUT2D eigenvalue weighted by molar-refractivity contribution is 5.79. The minimum absolute atomic E-state index is 0.0751. The number of fused-ring (bicyclic) bond motifs is 1. The van der Waals surface area contributed by atoms with E-state index in [9.17, 15) is 0 Å². The lowest BCUT2D eigenvalue weighted by atomic mass is 9.87. The van der Waals surface area contributed by atoms with Crippen LogP contribution in [0.15, 0.2) is 36.5 Å². The third kappa shape index (κ3) is 2.61. The molecule has 0 aliphatic rings. The molecule has 2 unspecified atom stereocenters. The third-order valence-electron chi connectivity index (χ3n) is 3.91. The molecular weight excluding hydrogens is 238 g/mol. The summed E-state index contributed by atoms with van der Waals surface area (Å²) >= 11 is 0. The van der Waals surface area contributed by atoms with Crippen LogP contribution in [0, 0.1) is 0 Å². The quantitative estimate of drug-likeness (QED) is 0.640. The first-order valence-electron chi connectivity index (χ1n) is 6.50. The van der Waals surface area contributed by atoms with Crippen molar-refractivity contribution in [2.75, 3.05) is 7.11 Å². The Hall–Kier alpha value is -1.49. The Morgan fingerprint density at radius 3 is 2.84 bits per heavy atom. The van der Waals surface area contributed by atoms with Gasteiger partial charge in [0.25, 0.3) is 0 Å². The van der Waals surface area contributed by atoms with Gasteiger partial charge in [-0.25, -0.2) is 0 Å². The van der Waals surface area contributed by atoms with E-state index in [4.69, 9.17) is 10.6 Å². The molecular formula is C15H21N3O. The van der Waals surface area contributed by atoms with E-state index in [1.165, 1.54) is 0 Å². The second-order valence-corrected chi connectivity index (χ2v) is 4.93. The van der Waals surface area contributed by atoms with Crippen LogP contribution in [0.2, 0.25) is 0 Å². The van der Waals surface area contributed by atoms with Crippen LogP contribution >= 0.6 is 0 Å². The van der Waals surface area contributed by atoms with Crippen molar-refractivity contribution in [3.63, 3.8) is 0 Å². The number of ether oxygens (including phenoxy) is 1. The molecule has 3 N–H and O–H groups in total. The van der Waals surface area contributed by atoms with Crippen LogP contribution in [0.25, 0.3) is 10.9 Å². The summed E-state index contributed by atoms with van der Waals surface area (Å²) < 4.78 is 5.64. The van der Waals surface area contributed by atoms with Crippen LogP contribution in [0.4, 0.5) is 0 Å². The molecule has 0 amide bonds. The highest BCUT2D eigenvalue weighted by Gasteiger charge is 2.33. The van der Waals surface area contributed by atoms with E-state index in [0.717, 1.165) is 22.9 Å². The number of methoxy groups -OCH3 is 1. The van der Waals surface area contributed by atoms with Crippen LogP contribution in [0.5, 0.6) is 0 Å². The molecule has 2 atom stereocenters. The lowest BCUT2D eigenvalue weighted by Gasteiger charge is -2.35. The fourth-order valence-corrected chi connectivity index (χ4v) is 2.35. The summed E-state index contributed by atoms with van der Waals surface area (Å²) in [4.78, 5) is 4.38. The van der Waals surface area contributed by atoms with Gasteiger partial charge >= 0.3 is 0 Å². The Kier molecular flexibility index (Phi) is 4.14. The monoisotopic (exact) mass is 259 g/mol. The number of aromatic nitrogens is 1. The minimum atomic E-state index is -0.350. The van der Waals surface area contributed by atoms with Gasteiger partial charge in [0.2, 0.25) is 0 Å². The zero-order chi connectivity index (χ0) is 13.9. The maximum atomic E-state index is 5.74. The van der Waals surface area contributed by atoms with E-state index >= 15 is 0 Å². The van der Waals surface area contributed by atoms with Gasteiger partial charge in [-0.05, 0) is 31.0 Å². The number of hydrazine groups is 1. The second-order valence-electron chi connectivity index (χ2n) is 4.93. The van der Waals surface area contributed by atoms with Crippen molar-refractivity contribution in [2.45, 2.75) is 31.9 Å². The molecule has 1 aromatic carbocycles. The topological polar surface area (TPSA) is 60.2 Å². The van der Waals surface area contributed by atoms with Crippen molar-refractivity contribution in [2.24, 2.45) is 5.84 Å². The average molecular weight is 259 g/mol. The van der Waals surface area contributed by atoms with Crippen LogP contribution in [0.1, 0.15) is 31.9 Å². The van der Waals surface area contributed by atoms with Gasteiger partial charge in [0.15, 0.2) is 0 Å². The highest BCUT2D eigenvalue weighted by Crippen LogP contribution is 2.32. The van der Waals surface area contributed by atoms with Crippen molar-refractivity contribution in [3.05, 3.63) is 42.1 Å². The van der Waals surface area contributed by atoms with E-state index in [-0.39, 0.29) is 11.6 Å². The van der Waals surface area contributed by atoms with Crippen molar-refractivity contribution in [3.8, 4) is 0 Å². The van der Waals surface area contributed by atoms with Crippen LogP contribution in [-0.2, 0) is 4.74 Å². The predicted octanol–water partition coefficient (Wildman–Crippen LogP) is 2.55. The zero-order valence-corrected chi connectivity index (χ0v) is 11.7.